The van der Waals surface area contributed by atoms with Gasteiger partial charge in [-0.2, -0.15) is 0 Å². The fourth-order valence-electron chi connectivity index (χ4n) is 7.14. The first-order valence-electron chi connectivity index (χ1n) is 24.6. The maximum atomic E-state index is 9.62. The maximum Gasteiger partial charge on any atom is 0.166 e. The zero-order chi connectivity index (χ0) is 49.2. The van der Waals surface area contributed by atoms with Crippen LogP contribution in [-0.2, 0) is 0 Å². The molecule has 0 bridgehead atoms. The Hall–Kier alpha value is -7.21. The minimum absolute atomic E-state index is 0.00365. The summed E-state index contributed by atoms with van der Waals surface area (Å²) < 4.78 is 128. The van der Waals surface area contributed by atoms with E-state index in [4.69, 9.17) is 27.3 Å². The van der Waals surface area contributed by atoms with Crippen molar-refractivity contribution in [2.45, 2.75) is 0 Å². The average molecular weight is 747 g/mol. The van der Waals surface area contributed by atoms with Crippen molar-refractivity contribution in [2.75, 3.05) is 0 Å². The summed E-state index contributed by atoms with van der Waals surface area (Å²) in [6.07, 6.45) is 0. The third-order valence-corrected chi connectivity index (χ3v) is 10.9. The monoisotopic (exact) mass is 746 g/mol. The van der Waals surface area contributed by atoms with Gasteiger partial charge in [0.25, 0.3) is 0 Å². The van der Waals surface area contributed by atoms with E-state index in [0.29, 0.717) is 5.56 Å². The molecule has 0 unspecified atom stereocenters. The van der Waals surface area contributed by atoms with Crippen LogP contribution < -0.4 is 0 Å². The lowest BCUT2D eigenvalue weighted by molar-refractivity contribution is 1.06. The minimum Gasteiger partial charge on any atom is -0.309 e. The second kappa shape index (κ2) is 13.3. The molecule has 8 aromatic carbocycles. The number of hydrogen-bond donors (Lipinski definition) is 0. The SMILES string of the molecule is [2H]c1cc([2H])c(-c2c([2H])c([2H])c3c(c2[2H])c2c([2H])c([2H])cc([2H])c2n3-c2ccccc2-c2nc(-c3cccc(-c4cccc5c4sc4ccccc45)c3)nc(-c3c([2H])c([2H])c([2H])c([2H])c3[2H])n2)c([2H])c1. The van der Waals surface area contributed by atoms with Crippen LogP contribution in [0.1, 0.15) is 19.2 Å². The van der Waals surface area contributed by atoms with Gasteiger partial charge in [0.15, 0.2) is 17.5 Å². The molecule has 0 aliphatic carbocycles. The van der Waals surface area contributed by atoms with E-state index in [1.807, 2.05) is 42.5 Å². The number of thiophene rings is 1. The molecule has 3 aromatic heterocycles. The van der Waals surface area contributed by atoms with Crippen LogP contribution in [0.4, 0.5) is 0 Å². The molecule has 0 N–H and O–H groups in total. The van der Waals surface area contributed by atoms with Crippen LogP contribution in [0.5, 0.6) is 0 Å². The van der Waals surface area contributed by atoms with Crippen molar-refractivity contribution in [2.24, 2.45) is 0 Å². The summed E-state index contributed by atoms with van der Waals surface area (Å²) in [6, 6.07) is 25.8. The van der Waals surface area contributed by atoms with Crippen molar-refractivity contribution in [3.63, 3.8) is 0 Å². The summed E-state index contributed by atoms with van der Waals surface area (Å²) in [5.41, 5.74) is 1.92. The van der Waals surface area contributed by atoms with E-state index >= 15 is 0 Å². The Labute approximate surface area is 347 Å². The van der Waals surface area contributed by atoms with Gasteiger partial charge >= 0.3 is 0 Å². The van der Waals surface area contributed by atoms with Gasteiger partial charge in [0.2, 0.25) is 0 Å². The van der Waals surface area contributed by atoms with Gasteiger partial charge in [-0.1, -0.05) is 151 Å². The molecule has 0 aliphatic rings. The van der Waals surface area contributed by atoms with Gasteiger partial charge in [-0.25, -0.2) is 15.0 Å². The Morgan fingerprint density at radius 2 is 1.14 bits per heavy atom. The summed E-state index contributed by atoms with van der Waals surface area (Å²) in [4.78, 5) is 14.6. The highest BCUT2D eigenvalue weighted by Crippen LogP contribution is 2.41. The Morgan fingerprint density at radius 1 is 0.429 bits per heavy atom. The number of rotatable bonds is 6. The topological polar surface area (TPSA) is 43.6 Å². The summed E-state index contributed by atoms with van der Waals surface area (Å²) in [7, 11) is 0. The minimum atomic E-state index is -0.605. The first kappa shape index (κ1) is 21.0. The van der Waals surface area contributed by atoms with E-state index in [1.54, 1.807) is 41.7 Å². The fraction of sp³-hybridized carbons (Fsp3) is 0. The highest BCUT2D eigenvalue weighted by Gasteiger charge is 2.20. The second-order valence-electron chi connectivity index (χ2n) is 12.9. The van der Waals surface area contributed by atoms with Gasteiger partial charge in [-0.05, 0) is 64.6 Å². The van der Waals surface area contributed by atoms with Gasteiger partial charge in [0.1, 0.15) is 0 Å². The van der Waals surface area contributed by atoms with E-state index in [-0.39, 0.29) is 103 Å². The van der Waals surface area contributed by atoms with Crippen LogP contribution in [0.25, 0.3) is 104 Å². The zero-order valence-electron chi connectivity index (χ0n) is 43.1. The van der Waals surface area contributed by atoms with Crippen LogP contribution in [0, 0.1) is 0 Å². The molecule has 3 heterocycles. The molecule has 11 aromatic rings. The average Bonchev–Trinajstić information content (AvgIpc) is 3.92. The van der Waals surface area contributed by atoms with Gasteiger partial charge < -0.3 is 4.57 Å². The largest absolute Gasteiger partial charge is 0.309 e. The quantitative estimate of drug-likeness (QED) is 0.170. The maximum absolute atomic E-state index is 9.62. The first-order chi connectivity index (χ1) is 33.5. The van der Waals surface area contributed by atoms with Gasteiger partial charge in [-0.15, -0.1) is 11.3 Å². The van der Waals surface area contributed by atoms with Gasteiger partial charge in [0.05, 0.1) is 35.9 Å². The Kier molecular flexibility index (Phi) is 4.98. The lowest BCUT2D eigenvalue weighted by Gasteiger charge is -2.15. The van der Waals surface area contributed by atoms with Gasteiger partial charge in [-0.3, -0.25) is 0 Å². The molecule has 0 radical (unpaired) electrons. The Bertz CT molecular complexity index is 4040. The predicted octanol–water partition coefficient (Wildman–Crippen LogP) is 13.7. The molecule has 0 amide bonds. The fourth-order valence-corrected chi connectivity index (χ4v) is 8.38. The van der Waals surface area contributed by atoms with E-state index in [0.717, 1.165) is 31.3 Å². The van der Waals surface area contributed by atoms with Crippen molar-refractivity contribution in [3.8, 4) is 62.1 Å². The summed E-state index contributed by atoms with van der Waals surface area (Å²) in [6.45, 7) is 0. The number of hydrogen-bond acceptors (Lipinski definition) is 4. The molecule has 4 nitrogen and oxygen atoms in total. The van der Waals surface area contributed by atoms with Crippen molar-refractivity contribution in [3.05, 3.63) is 194 Å². The molecule has 0 atom stereocenters. The summed E-state index contributed by atoms with van der Waals surface area (Å²) >= 11 is 1.67. The molecule has 5 heteroatoms. The van der Waals surface area contributed by atoms with Crippen LogP contribution in [0.15, 0.2) is 194 Å². The molecular weight excluding hydrogens is 701 g/mol. The smallest absolute Gasteiger partial charge is 0.166 e. The number of aromatic nitrogens is 4. The molecular formula is C51H32N4S. The third kappa shape index (κ3) is 5.40. The zero-order valence-corrected chi connectivity index (χ0v) is 29.9. The van der Waals surface area contributed by atoms with E-state index in [2.05, 4.69) is 18.2 Å². The van der Waals surface area contributed by atoms with E-state index in [9.17, 15) is 6.85 Å². The normalized spacial score (nSPS) is 15.1. The lowest BCUT2D eigenvalue weighted by Crippen LogP contribution is -2.03. The first-order valence-corrected chi connectivity index (χ1v) is 18.4. The number of nitrogens with zero attached hydrogens (tertiary/aromatic N) is 4. The number of benzene rings is 8. The van der Waals surface area contributed by atoms with Crippen molar-refractivity contribution >= 4 is 53.3 Å². The molecule has 262 valence electrons. The standard InChI is InChI=1S/C51H32N4S/c1-3-15-33(16-4-1)35-29-30-46-43(32-35)39-21-7-10-26-44(39)55(46)45-27-11-8-23-42(45)51-53-49(34-17-5-2-6-18-34)52-50(54-51)37-20-13-19-36(31-37)38-24-14-25-41-40-22-9-12-28-47(40)56-48(38)41/h1-32H/i1D,2D,5D,6D,7D,15D,16D,17D,18D,21D,26D,29D,30D,32D. The van der Waals surface area contributed by atoms with Crippen molar-refractivity contribution in [1.82, 2.24) is 19.5 Å². The van der Waals surface area contributed by atoms with Crippen LogP contribution in [0.2, 0.25) is 0 Å². The van der Waals surface area contributed by atoms with Crippen LogP contribution in [0.3, 0.4) is 0 Å². The molecule has 0 aliphatic heterocycles. The third-order valence-electron chi connectivity index (χ3n) is 9.64. The van der Waals surface area contributed by atoms with Gasteiger partial charge in [0, 0.05) is 47.6 Å². The molecule has 11 rings (SSSR count). The highest BCUT2D eigenvalue weighted by molar-refractivity contribution is 7.26. The molecule has 0 spiro atoms. The van der Waals surface area contributed by atoms with E-state index < -0.39 is 48.3 Å². The highest BCUT2D eigenvalue weighted by atomic mass is 32.1. The molecule has 0 saturated heterocycles. The Balaban J connectivity index is 1.20. The molecule has 0 saturated carbocycles. The molecule has 0 fully saturated rings. The number of fused-ring (bicyclic) bond motifs is 6. The second-order valence-corrected chi connectivity index (χ2v) is 13.9. The lowest BCUT2D eigenvalue weighted by atomic mass is 10.0. The van der Waals surface area contributed by atoms with Crippen molar-refractivity contribution < 1.29 is 19.2 Å². The molecule has 56 heavy (non-hydrogen) atoms. The van der Waals surface area contributed by atoms with E-state index in [1.165, 1.54) is 22.8 Å². The van der Waals surface area contributed by atoms with Crippen LogP contribution >= 0.6 is 11.3 Å². The summed E-state index contributed by atoms with van der Waals surface area (Å²) in [5.74, 6) is -0.229. The summed E-state index contributed by atoms with van der Waals surface area (Å²) in [5, 5.41) is 2.09. The number of para-hydroxylation sites is 2. The van der Waals surface area contributed by atoms with Crippen molar-refractivity contribution in [1.29, 1.82) is 0 Å². The van der Waals surface area contributed by atoms with Crippen LogP contribution in [-0.4, -0.2) is 19.5 Å². The predicted molar refractivity (Wildman–Crippen MR) is 234 cm³/mol. The Morgan fingerprint density at radius 3 is 2.05 bits per heavy atom.